The number of hydrogen-bond donors (Lipinski definition) is 2. The van der Waals surface area contributed by atoms with Crippen LogP contribution in [0, 0.1) is 0 Å². The maximum atomic E-state index is 9.00. The van der Waals surface area contributed by atoms with Crippen LogP contribution in [0.25, 0.3) is 0 Å². The Morgan fingerprint density at radius 1 is 1.59 bits per heavy atom. The van der Waals surface area contributed by atoms with Gasteiger partial charge in [-0.1, -0.05) is 6.92 Å². The maximum absolute atomic E-state index is 9.00. The Balaban J connectivity index is 0.000000246. The molecule has 2 aromatic heterocycles. The van der Waals surface area contributed by atoms with E-state index in [1.165, 1.54) is 11.3 Å². The molecule has 0 atom stereocenters. The fourth-order valence-electron chi connectivity index (χ4n) is 0.661. The first kappa shape index (κ1) is 15.5. The largest absolute Gasteiger partial charge is 0.481 e. The van der Waals surface area contributed by atoms with Gasteiger partial charge in [0.1, 0.15) is 0 Å². The van der Waals surface area contributed by atoms with Gasteiger partial charge in [-0.05, 0) is 6.42 Å². The van der Waals surface area contributed by atoms with Crippen LogP contribution in [0.2, 0.25) is 0 Å². The fraction of sp³-hybridized carbons (Fsp3) is 0.300. The SMILES string of the molecule is CC(=O)O.CCc1csc(N)n1.c1cscn1. The van der Waals surface area contributed by atoms with Crippen molar-refractivity contribution < 1.29 is 9.90 Å². The van der Waals surface area contributed by atoms with E-state index >= 15 is 0 Å². The third-order valence-corrected chi connectivity index (χ3v) is 2.52. The van der Waals surface area contributed by atoms with Crippen LogP contribution in [-0.4, -0.2) is 21.0 Å². The van der Waals surface area contributed by atoms with Gasteiger partial charge in [-0.2, -0.15) is 0 Å². The minimum absolute atomic E-state index is 0.668. The number of carbonyl (C=O) groups is 1. The van der Waals surface area contributed by atoms with Gasteiger partial charge in [-0.25, -0.2) is 4.98 Å². The van der Waals surface area contributed by atoms with Gasteiger partial charge >= 0.3 is 0 Å². The number of nitrogens with zero attached hydrogens (tertiary/aromatic N) is 2. The molecular weight excluding hydrogens is 258 g/mol. The molecule has 17 heavy (non-hydrogen) atoms. The van der Waals surface area contributed by atoms with Crippen molar-refractivity contribution in [2.45, 2.75) is 20.3 Å². The van der Waals surface area contributed by atoms with Gasteiger partial charge in [0, 0.05) is 23.9 Å². The zero-order valence-electron chi connectivity index (χ0n) is 9.66. The summed E-state index contributed by atoms with van der Waals surface area (Å²) >= 11 is 3.10. The molecule has 0 saturated carbocycles. The highest BCUT2D eigenvalue weighted by Gasteiger charge is 1.91. The summed E-state index contributed by atoms with van der Waals surface area (Å²) in [6.07, 6.45) is 2.75. The lowest BCUT2D eigenvalue weighted by molar-refractivity contribution is -0.134. The third-order valence-electron chi connectivity index (χ3n) is 1.28. The van der Waals surface area contributed by atoms with E-state index in [4.69, 9.17) is 15.6 Å². The summed E-state index contributed by atoms with van der Waals surface area (Å²) in [5.74, 6) is -0.833. The Morgan fingerprint density at radius 3 is 2.41 bits per heavy atom. The molecule has 0 spiro atoms. The van der Waals surface area contributed by atoms with Crippen LogP contribution in [0.1, 0.15) is 19.5 Å². The number of rotatable bonds is 1. The van der Waals surface area contributed by atoms with Crippen LogP contribution >= 0.6 is 22.7 Å². The summed E-state index contributed by atoms with van der Waals surface area (Å²) in [6, 6.07) is 0. The van der Waals surface area contributed by atoms with E-state index < -0.39 is 5.97 Å². The van der Waals surface area contributed by atoms with Crippen LogP contribution in [0.4, 0.5) is 5.13 Å². The Kier molecular flexibility index (Phi) is 8.89. The van der Waals surface area contributed by atoms with Gasteiger partial charge in [0.25, 0.3) is 5.97 Å². The molecule has 2 rings (SSSR count). The first-order valence-electron chi connectivity index (χ1n) is 4.77. The normalized spacial score (nSPS) is 8.35. The van der Waals surface area contributed by atoms with E-state index in [0.717, 1.165) is 19.0 Å². The van der Waals surface area contributed by atoms with Gasteiger partial charge in [0.2, 0.25) is 0 Å². The number of hydrogen-bond acceptors (Lipinski definition) is 6. The average molecular weight is 273 g/mol. The maximum Gasteiger partial charge on any atom is 0.300 e. The Bertz CT molecular complexity index is 380. The lowest BCUT2D eigenvalue weighted by atomic mass is 10.4. The topological polar surface area (TPSA) is 89.1 Å². The summed E-state index contributed by atoms with van der Waals surface area (Å²) in [5.41, 5.74) is 8.24. The molecule has 0 fully saturated rings. The standard InChI is InChI=1S/C5H8N2S.C3H3NS.C2H4O2/c1-2-4-3-8-5(6)7-4;1-2-5-3-4-1;1-2(3)4/h3H,2H2,1H3,(H2,6,7);1-3H;1H3,(H,3,4). The van der Waals surface area contributed by atoms with E-state index in [2.05, 4.69) is 16.9 Å². The highest BCUT2D eigenvalue weighted by atomic mass is 32.1. The molecule has 0 aromatic carbocycles. The van der Waals surface area contributed by atoms with Crippen LogP contribution < -0.4 is 5.73 Å². The summed E-state index contributed by atoms with van der Waals surface area (Å²) in [7, 11) is 0. The lowest BCUT2D eigenvalue weighted by Crippen LogP contribution is -1.83. The number of aryl methyl sites for hydroxylation is 1. The van der Waals surface area contributed by atoms with Crippen molar-refractivity contribution in [2.24, 2.45) is 0 Å². The van der Waals surface area contributed by atoms with E-state index in [-0.39, 0.29) is 0 Å². The summed E-state index contributed by atoms with van der Waals surface area (Å²) in [5, 5.41) is 12.0. The van der Waals surface area contributed by atoms with E-state index in [1.807, 2.05) is 10.8 Å². The fourth-order valence-corrected chi connectivity index (χ4v) is 1.66. The number of nitrogen functional groups attached to an aromatic ring is 1. The van der Waals surface area contributed by atoms with E-state index in [9.17, 15) is 0 Å². The van der Waals surface area contributed by atoms with Crippen molar-refractivity contribution in [1.82, 2.24) is 9.97 Å². The zero-order chi connectivity index (χ0) is 13.1. The molecule has 2 aromatic rings. The predicted molar refractivity (Wildman–Crippen MR) is 71.3 cm³/mol. The van der Waals surface area contributed by atoms with Gasteiger partial charge in [-0.15, -0.1) is 22.7 Å². The molecule has 0 aliphatic carbocycles. The highest BCUT2D eigenvalue weighted by molar-refractivity contribution is 7.13. The molecule has 2 heterocycles. The van der Waals surface area contributed by atoms with Crippen LogP contribution in [-0.2, 0) is 11.2 Å². The van der Waals surface area contributed by atoms with Crippen molar-refractivity contribution in [3.05, 3.63) is 28.2 Å². The smallest absolute Gasteiger partial charge is 0.300 e. The first-order valence-corrected chi connectivity index (χ1v) is 6.60. The number of carboxylic acid groups (broad SMARTS) is 1. The van der Waals surface area contributed by atoms with Gasteiger partial charge in [-0.3, -0.25) is 9.78 Å². The zero-order valence-corrected chi connectivity index (χ0v) is 11.3. The lowest BCUT2D eigenvalue weighted by Gasteiger charge is -1.79. The molecule has 0 aliphatic rings. The van der Waals surface area contributed by atoms with Crippen LogP contribution in [0.3, 0.4) is 0 Å². The molecule has 0 amide bonds. The summed E-state index contributed by atoms with van der Waals surface area (Å²) in [4.78, 5) is 16.8. The molecule has 94 valence electrons. The molecule has 0 radical (unpaired) electrons. The number of aliphatic carboxylic acids is 1. The average Bonchev–Trinajstić information content (AvgIpc) is 2.89. The number of thiazole rings is 2. The molecule has 3 N–H and O–H groups in total. The van der Waals surface area contributed by atoms with Gasteiger partial charge in [0.15, 0.2) is 5.13 Å². The van der Waals surface area contributed by atoms with Crippen LogP contribution in [0.5, 0.6) is 0 Å². The Morgan fingerprint density at radius 2 is 2.24 bits per heavy atom. The number of anilines is 1. The minimum Gasteiger partial charge on any atom is -0.481 e. The Hall–Kier alpha value is -1.47. The quantitative estimate of drug-likeness (QED) is 0.833. The molecule has 7 heteroatoms. The molecular formula is C10H15N3O2S2. The highest BCUT2D eigenvalue weighted by Crippen LogP contribution is 2.10. The van der Waals surface area contributed by atoms with Gasteiger partial charge < -0.3 is 10.8 Å². The van der Waals surface area contributed by atoms with Crippen LogP contribution in [0.15, 0.2) is 22.5 Å². The van der Waals surface area contributed by atoms with Crippen molar-refractivity contribution in [3.63, 3.8) is 0 Å². The van der Waals surface area contributed by atoms with E-state index in [0.29, 0.717) is 5.13 Å². The number of nitrogens with two attached hydrogens (primary N) is 1. The van der Waals surface area contributed by atoms with Crippen molar-refractivity contribution in [1.29, 1.82) is 0 Å². The molecule has 0 unspecified atom stereocenters. The minimum atomic E-state index is -0.833. The monoisotopic (exact) mass is 273 g/mol. The molecule has 5 nitrogen and oxygen atoms in total. The molecule has 0 aliphatic heterocycles. The second kappa shape index (κ2) is 9.73. The second-order valence-corrected chi connectivity index (χ2v) is 4.37. The first-order chi connectivity index (χ1) is 8.06. The van der Waals surface area contributed by atoms with Crippen molar-refractivity contribution in [3.8, 4) is 0 Å². The number of aromatic nitrogens is 2. The summed E-state index contributed by atoms with van der Waals surface area (Å²) < 4.78 is 0. The van der Waals surface area contributed by atoms with Crippen molar-refractivity contribution in [2.75, 3.05) is 5.73 Å². The molecule has 0 saturated heterocycles. The Labute approximate surface area is 108 Å². The summed E-state index contributed by atoms with van der Waals surface area (Å²) in [6.45, 7) is 3.15. The van der Waals surface area contributed by atoms with Gasteiger partial charge in [0.05, 0.1) is 11.2 Å². The predicted octanol–water partition coefficient (Wildman–Crippen LogP) is 2.52. The number of carboxylic acids is 1. The van der Waals surface area contributed by atoms with E-state index in [1.54, 1.807) is 23.0 Å². The van der Waals surface area contributed by atoms with Crippen molar-refractivity contribution >= 4 is 33.8 Å². The third kappa shape index (κ3) is 10.8. The second-order valence-electron chi connectivity index (χ2n) is 2.73. The molecule has 0 bridgehead atoms.